The van der Waals surface area contributed by atoms with Crippen LogP contribution in [0.4, 0.5) is 0 Å². The zero-order valence-corrected chi connectivity index (χ0v) is 14.0. The first-order valence-electron chi connectivity index (χ1n) is 7.25. The fourth-order valence-electron chi connectivity index (χ4n) is 2.98. The van der Waals surface area contributed by atoms with Crippen molar-refractivity contribution in [3.05, 3.63) is 0 Å². The van der Waals surface area contributed by atoms with E-state index in [4.69, 9.17) is 4.43 Å². The van der Waals surface area contributed by atoms with Crippen LogP contribution in [0.15, 0.2) is 0 Å². The zero-order valence-electron chi connectivity index (χ0n) is 13.0. The van der Waals surface area contributed by atoms with Crippen molar-refractivity contribution < 1.29 is 4.43 Å². The van der Waals surface area contributed by atoms with E-state index in [-0.39, 0.29) is 0 Å². The molecule has 0 unspecified atom stereocenters. The van der Waals surface area contributed by atoms with Crippen molar-refractivity contribution in [3.8, 4) is 6.07 Å². The van der Waals surface area contributed by atoms with E-state index in [9.17, 15) is 5.26 Å². The number of hydrogen-bond donors (Lipinski definition) is 0. The molecule has 0 aliphatic heterocycles. The molecule has 0 spiro atoms. The molecule has 0 N–H and O–H groups in total. The number of hydrogen-bond acceptors (Lipinski definition) is 2. The van der Waals surface area contributed by atoms with Crippen molar-refractivity contribution in [2.75, 3.05) is 0 Å². The molecule has 2 nitrogen and oxygen atoms in total. The lowest BCUT2D eigenvalue weighted by Gasteiger charge is -2.43. The van der Waals surface area contributed by atoms with E-state index in [0.29, 0.717) is 5.41 Å². The predicted molar refractivity (Wildman–Crippen MR) is 78.8 cm³/mol. The highest BCUT2D eigenvalue weighted by atomic mass is 28.4. The molecule has 1 fully saturated rings. The molecule has 0 saturated heterocycles. The Morgan fingerprint density at radius 2 is 1.78 bits per heavy atom. The minimum Gasteiger partial charge on any atom is -0.400 e. The first kappa shape index (κ1) is 15.7. The summed E-state index contributed by atoms with van der Waals surface area (Å²) in [7, 11) is -1.64. The third kappa shape index (κ3) is 3.83. The normalized spacial score (nSPS) is 29.9. The lowest BCUT2D eigenvalue weighted by molar-refractivity contribution is 0.0280. The van der Waals surface area contributed by atoms with Gasteiger partial charge in [0.1, 0.15) is 5.60 Å². The number of nitrogens with zero attached hydrogens (tertiary/aromatic N) is 1. The van der Waals surface area contributed by atoms with Crippen molar-refractivity contribution in [3.63, 3.8) is 0 Å². The standard InChI is InChI=1S/C15H29NOSi/c1-7-14(2,3)13-8-10-15(12-16,11-9-13)17-18(4,5)6/h13H,7-11H2,1-6H3. The van der Waals surface area contributed by atoms with Gasteiger partial charge in [-0.2, -0.15) is 5.26 Å². The smallest absolute Gasteiger partial charge is 0.185 e. The van der Waals surface area contributed by atoms with Crippen LogP contribution in [0, 0.1) is 22.7 Å². The molecule has 0 aromatic carbocycles. The van der Waals surface area contributed by atoms with Crippen LogP contribution in [-0.4, -0.2) is 13.9 Å². The summed E-state index contributed by atoms with van der Waals surface area (Å²) in [5, 5.41) is 9.50. The average Bonchev–Trinajstić information content (AvgIpc) is 2.27. The van der Waals surface area contributed by atoms with E-state index in [1.807, 2.05) is 0 Å². The van der Waals surface area contributed by atoms with Crippen LogP contribution in [0.2, 0.25) is 19.6 Å². The predicted octanol–water partition coefficient (Wildman–Crippen LogP) is 4.73. The Balaban J connectivity index is 2.69. The van der Waals surface area contributed by atoms with Gasteiger partial charge in [0.2, 0.25) is 0 Å². The molecule has 1 rings (SSSR count). The monoisotopic (exact) mass is 267 g/mol. The minimum atomic E-state index is -1.64. The van der Waals surface area contributed by atoms with Gasteiger partial charge in [0.15, 0.2) is 8.32 Å². The SMILES string of the molecule is CCC(C)(C)C1CCC(C#N)(O[Si](C)(C)C)CC1. The highest BCUT2D eigenvalue weighted by Gasteiger charge is 2.42. The Hall–Kier alpha value is -0.333. The summed E-state index contributed by atoms with van der Waals surface area (Å²) in [5.74, 6) is 0.745. The van der Waals surface area contributed by atoms with Crippen LogP contribution in [0.3, 0.4) is 0 Å². The van der Waals surface area contributed by atoms with Gasteiger partial charge < -0.3 is 4.43 Å². The molecule has 0 radical (unpaired) electrons. The summed E-state index contributed by atoms with van der Waals surface area (Å²) < 4.78 is 6.19. The van der Waals surface area contributed by atoms with Gasteiger partial charge in [-0.3, -0.25) is 0 Å². The average molecular weight is 267 g/mol. The maximum atomic E-state index is 9.50. The second-order valence-electron chi connectivity index (χ2n) is 7.44. The summed E-state index contributed by atoms with van der Waals surface area (Å²) in [6, 6.07) is 2.48. The van der Waals surface area contributed by atoms with E-state index in [1.165, 1.54) is 6.42 Å². The molecule has 0 aromatic heterocycles. The second kappa shape index (κ2) is 5.34. The van der Waals surface area contributed by atoms with Gasteiger partial charge in [-0.05, 0) is 56.7 Å². The van der Waals surface area contributed by atoms with Gasteiger partial charge in [-0.25, -0.2) is 0 Å². The highest BCUT2D eigenvalue weighted by Crippen LogP contribution is 2.45. The maximum Gasteiger partial charge on any atom is 0.185 e. The summed E-state index contributed by atoms with van der Waals surface area (Å²) in [4.78, 5) is 0. The lowest BCUT2D eigenvalue weighted by Crippen LogP contribution is -2.45. The van der Waals surface area contributed by atoms with Crippen molar-refractivity contribution in [2.24, 2.45) is 11.3 Å². The van der Waals surface area contributed by atoms with E-state index in [0.717, 1.165) is 31.6 Å². The molecular weight excluding hydrogens is 238 g/mol. The zero-order chi connectivity index (χ0) is 14.0. The van der Waals surface area contributed by atoms with Crippen LogP contribution in [-0.2, 0) is 4.43 Å². The molecule has 18 heavy (non-hydrogen) atoms. The van der Waals surface area contributed by atoms with Crippen LogP contribution < -0.4 is 0 Å². The van der Waals surface area contributed by atoms with Crippen molar-refractivity contribution >= 4 is 8.32 Å². The van der Waals surface area contributed by atoms with Crippen molar-refractivity contribution in [2.45, 2.75) is 78.1 Å². The Bertz CT molecular complexity index is 316. The molecule has 3 heteroatoms. The quantitative estimate of drug-likeness (QED) is 0.690. The molecule has 1 aliphatic rings. The van der Waals surface area contributed by atoms with E-state index in [1.54, 1.807) is 0 Å². The highest BCUT2D eigenvalue weighted by molar-refractivity contribution is 6.69. The fraction of sp³-hybridized carbons (Fsp3) is 0.933. The van der Waals surface area contributed by atoms with Gasteiger partial charge in [-0.1, -0.05) is 27.2 Å². The van der Waals surface area contributed by atoms with Gasteiger partial charge in [0, 0.05) is 0 Å². The Kier molecular flexibility index (Phi) is 4.67. The van der Waals surface area contributed by atoms with Gasteiger partial charge >= 0.3 is 0 Å². The lowest BCUT2D eigenvalue weighted by atomic mass is 9.67. The Morgan fingerprint density at radius 1 is 1.28 bits per heavy atom. The molecule has 0 bridgehead atoms. The van der Waals surface area contributed by atoms with E-state index in [2.05, 4.69) is 46.5 Å². The number of rotatable bonds is 4. The largest absolute Gasteiger partial charge is 0.400 e. The third-order valence-electron chi connectivity index (χ3n) is 4.51. The van der Waals surface area contributed by atoms with Crippen molar-refractivity contribution in [1.82, 2.24) is 0 Å². The molecule has 0 amide bonds. The summed E-state index contributed by atoms with van der Waals surface area (Å²) in [6.07, 6.45) is 5.33. The molecular formula is C15H29NOSi. The minimum absolute atomic E-state index is 0.404. The van der Waals surface area contributed by atoms with E-state index < -0.39 is 13.9 Å². The summed E-state index contributed by atoms with van der Waals surface area (Å²) in [6.45, 7) is 13.5. The topological polar surface area (TPSA) is 33.0 Å². The molecule has 1 saturated carbocycles. The Labute approximate surface area is 114 Å². The van der Waals surface area contributed by atoms with Crippen LogP contribution in [0.5, 0.6) is 0 Å². The first-order chi connectivity index (χ1) is 8.14. The number of nitriles is 1. The van der Waals surface area contributed by atoms with Gasteiger partial charge in [-0.15, -0.1) is 0 Å². The molecule has 1 aliphatic carbocycles. The maximum absolute atomic E-state index is 9.50. The fourth-order valence-corrected chi connectivity index (χ4v) is 4.40. The molecule has 0 aromatic rings. The molecule has 0 atom stereocenters. The van der Waals surface area contributed by atoms with Gasteiger partial charge in [0.05, 0.1) is 6.07 Å². The van der Waals surface area contributed by atoms with Crippen LogP contribution in [0.25, 0.3) is 0 Å². The van der Waals surface area contributed by atoms with Crippen LogP contribution >= 0.6 is 0 Å². The summed E-state index contributed by atoms with van der Waals surface area (Å²) in [5.41, 5.74) is -0.0778. The Morgan fingerprint density at radius 3 is 2.11 bits per heavy atom. The third-order valence-corrected chi connectivity index (χ3v) is 5.52. The van der Waals surface area contributed by atoms with Gasteiger partial charge in [0.25, 0.3) is 0 Å². The van der Waals surface area contributed by atoms with E-state index >= 15 is 0 Å². The summed E-state index contributed by atoms with van der Waals surface area (Å²) >= 11 is 0. The second-order valence-corrected chi connectivity index (χ2v) is 11.9. The molecule has 104 valence electrons. The molecule has 0 heterocycles. The first-order valence-corrected chi connectivity index (χ1v) is 10.7. The van der Waals surface area contributed by atoms with Crippen molar-refractivity contribution in [1.29, 1.82) is 5.26 Å². The van der Waals surface area contributed by atoms with Crippen LogP contribution in [0.1, 0.15) is 52.9 Å².